The van der Waals surface area contributed by atoms with Crippen LogP contribution in [0, 0.1) is 0 Å². The second-order valence-electron chi connectivity index (χ2n) is 10.8. The predicted octanol–water partition coefficient (Wildman–Crippen LogP) is 8.22. The molecule has 6 aromatic carbocycles. The van der Waals surface area contributed by atoms with E-state index in [-0.39, 0.29) is 31.6 Å². The van der Waals surface area contributed by atoms with Gasteiger partial charge in [0.1, 0.15) is 0 Å². The zero-order valence-electron chi connectivity index (χ0n) is 26.5. The van der Waals surface area contributed by atoms with E-state index in [1.165, 1.54) is 31.8 Å². The van der Waals surface area contributed by atoms with Gasteiger partial charge < -0.3 is 25.3 Å². The average molecular weight is 876 g/mol. The summed E-state index contributed by atoms with van der Waals surface area (Å²) in [7, 11) is -0.892. The van der Waals surface area contributed by atoms with Crippen molar-refractivity contribution in [2.75, 3.05) is 0 Å². The number of hydrogen-bond acceptors (Lipinski definition) is 2. The molecule has 0 N–H and O–H groups in total. The van der Waals surface area contributed by atoms with Gasteiger partial charge in [0.15, 0.2) is 0 Å². The quantitative estimate of drug-likeness (QED) is 0.122. The molecule has 1 aliphatic carbocycles. The van der Waals surface area contributed by atoms with Crippen molar-refractivity contribution in [1.29, 1.82) is 0 Å². The maximum absolute atomic E-state index is 5.06. The first kappa shape index (κ1) is 37.9. The maximum atomic E-state index is 5.06. The first-order chi connectivity index (χ1) is 23.2. The van der Waals surface area contributed by atoms with Crippen LogP contribution in [0.3, 0.4) is 0 Å². The number of hydrogen-bond donors (Lipinski definition) is 0. The molecule has 0 aromatic heterocycles. The topological polar surface area (TPSA) is 0 Å². The Morgan fingerprint density at radius 2 is 0.521 bits per heavy atom. The summed E-state index contributed by atoms with van der Waals surface area (Å²) in [6, 6.07) is 64.7. The van der Waals surface area contributed by atoms with E-state index in [1.807, 2.05) is 24.3 Å². The summed E-state index contributed by atoms with van der Waals surface area (Å²) in [5, 5.41) is 8.87. The minimum Gasteiger partial charge on any atom is -0.785 e. The van der Waals surface area contributed by atoms with Gasteiger partial charge in [-0.2, -0.15) is 0 Å². The van der Waals surface area contributed by atoms with Crippen molar-refractivity contribution in [3.8, 4) is 0 Å². The van der Waals surface area contributed by atoms with E-state index in [9.17, 15) is 0 Å². The van der Waals surface area contributed by atoms with Gasteiger partial charge in [0.05, 0.1) is 0 Å². The second-order valence-corrected chi connectivity index (χ2v) is 16.4. The molecular formula is C43H38P2PtS2. The molecule has 0 unspecified atom stereocenters. The molecule has 2 atom stereocenters. The van der Waals surface area contributed by atoms with Crippen molar-refractivity contribution < 1.29 is 21.1 Å². The fourth-order valence-corrected chi connectivity index (χ4v) is 10.4. The van der Waals surface area contributed by atoms with E-state index >= 15 is 0 Å². The Hall–Kier alpha value is -2.95. The molecule has 48 heavy (non-hydrogen) atoms. The third kappa shape index (κ3) is 11.9. The van der Waals surface area contributed by atoms with Crippen molar-refractivity contribution in [3.63, 3.8) is 0 Å². The predicted molar refractivity (Wildman–Crippen MR) is 215 cm³/mol. The van der Waals surface area contributed by atoms with E-state index in [0.29, 0.717) is 0 Å². The Bertz CT molecular complexity index is 1450. The van der Waals surface area contributed by atoms with Crippen LogP contribution >= 0.6 is 15.8 Å². The van der Waals surface area contributed by atoms with Crippen LogP contribution in [0.4, 0.5) is 0 Å². The third-order valence-corrected chi connectivity index (χ3v) is 12.9. The zero-order chi connectivity index (χ0) is 32.5. The molecule has 5 heteroatoms. The summed E-state index contributed by atoms with van der Waals surface area (Å²) in [5.41, 5.74) is 0. The average Bonchev–Trinajstić information content (AvgIpc) is 3.34. The first-order valence-electron chi connectivity index (χ1n) is 15.8. The number of rotatable bonds is 6. The summed E-state index contributed by atoms with van der Waals surface area (Å²) in [4.78, 5) is 0. The van der Waals surface area contributed by atoms with Crippen LogP contribution < -0.4 is 31.8 Å². The third-order valence-electron chi connectivity index (χ3n) is 7.31. The fraction of sp³-hybridized carbons (Fsp3) is 0.0698. The van der Waals surface area contributed by atoms with Gasteiger partial charge in [-0.3, -0.25) is 0 Å². The van der Waals surface area contributed by atoms with E-state index in [0.717, 1.165) is 6.42 Å². The SMILES string of the molecule is [Pt+2].[S-][C@@H]1C=CC=C[C@H]([S-])C1.c1ccc(P(c2ccccc2)c2ccccc2)cc1.c1ccc(P(c2ccccc2)c2ccccc2)cc1. The maximum Gasteiger partial charge on any atom is 2.00 e. The van der Waals surface area contributed by atoms with Crippen LogP contribution in [0.1, 0.15) is 6.42 Å². The van der Waals surface area contributed by atoms with Crippen molar-refractivity contribution in [3.05, 3.63) is 206 Å². The smallest absolute Gasteiger partial charge is 0.785 e. The van der Waals surface area contributed by atoms with E-state index in [4.69, 9.17) is 25.3 Å². The number of allylic oxidation sites excluding steroid dienone is 2. The molecule has 0 saturated carbocycles. The van der Waals surface area contributed by atoms with Crippen LogP contribution in [0.2, 0.25) is 0 Å². The molecule has 0 heterocycles. The Morgan fingerprint density at radius 1 is 0.333 bits per heavy atom. The molecule has 7 rings (SSSR count). The van der Waals surface area contributed by atoms with E-state index in [1.54, 1.807) is 0 Å². The summed E-state index contributed by atoms with van der Waals surface area (Å²) in [6.45, 7) is 0. The Kier molecular flexibility index (Phi) is 16.7. The normalized spacial score (nSPS) is 14.8. The Balaban J connectivity index is 0.000000171. The molecule has 0 saturated heterocycles. The van der Waals surface area contributed by atoms with E-state index in [2.05, 4.69) is 182 Å². The molecular weight excluding hydrogens is 838 g/mol. The summed E-state index contributed by atoms with van der Waals surface area (Å²) in [5.74, 6) is 0. The second kappa shape index (κ2) is 21.2. The molecule has 0 bridgehead atoms. The number of benzene rings is 6. The minimum atomic E-state index is -0.446. The van der Waals surface area contributed by atoms with Crippen molar-refractivity contribution >= 4 is 72.9 Å². The van der Waals surface area contributed by atoms with Gasteiger partial charge in [-0.15, -0.1) is 22.7 Å². The summed E-state index contributed by atoms with van der Waals surface area (Å²) >= 11 is 10.1. The van der Waals surface area contributed by atoms with Crippen LogP contribution in [-0.2, 0) is 46.3 Å². The van der Waals surface area contributed by atoms with Crippen molar-refractivity contribution in [2.45, 2.75) is 16.9 Å². The first-order valence-corrected chi connectivity index (χ1v) is 19.4. The largest absolute Gasteiger partial charge is 2.00 e. The van der Waals surface area contributed by atoms with Crippen LogP contribution in [0.15, 0.2) is 206 Å². The minimum absolute atomic E-state index is 0. The van der Waals surface area contributed by atoms with Gasteiger partial charge in [-0.1, -0.05) is 201 Å². The monoisotopic (exact) mass is 875 g/mol. The standard InChI is InChI=1S/2C18H15P.C7H10S2.Pt/c2*1-4-10-16(11-5-1)19(17-12-6-2-7-13-17)18-14-8-3-9-15-18;8-6-3-1-2-4-7(9)5-6;/h2*1-15H;1-4,6-9H,5H2;/q;;;+2/p-2/t;;6-,7+;. The molecule has 0 fully saturated rings. The van der Waals surface area contributed by atoms with Crippen molar-refractivity contribution in [1.82, 2.24) is 0 Å². The van der Waals surface area contributed by atoms with Gasteiger partial charge in [0.2, 0.25) is 0 Å². The van der Waals surface area contributed by atoms with Gasteiger partial charge in [-0.25, -0.2) is 0 Å². The van der Waals surface area contributed by atoms with Gasteiger partial charge in [0, 0.05) is 0 Å². The molecule has 0 amide bonds. The summed E-state index contributed by atoms with van der Waals surface area (Å²) in [6.07, 6.45) is 8.90. The Labute approximate surface area is 315 Å². The molecule has 0 radical (unpaired) electrons. The van der Waals surface area contributed by atoms with Gasteiger partial charge in [-0.05, 0) is 47.7 Å². The summed E-state index contributed by atoms with van der Waals surface area (Å²) < 4.78 is 0. The van der Waals surface area contributed by atoms with E-state index < -0.39 is 15.8 Å². The fourth-order valence-electron chi connectivity index (χ4n) is 5.12. The molecule has 242 valence electrons. The van der Waals surface area contributed by atoms with Crippen molar-refractivity contribution in [2.24, 2.45) is 0 Å². The molecule has 1 aliphatic rings. The molecule has 6 aromatic rings. The molecule has 0 spiro atoms. The van der Waals surface area contributed by atoms with Crippen LogP contribution in [0.5, 0.6) is 0 Å². The van der Waals surface area contributed by atoms with Gasteiger partial charge in [0.25, 0.3) is 0 Å². The zero-order valence-corrected chi connectivity index (χ0v) is 32.2. The van der Waals surface area contributed by atoms with Gasteiger partial charge >= 0.3 is 21.1 Å². The van der Waals surface area contributed by atoms with Crippen LogP contribution in [-0.4, -0.2) is 10.5 Å². The van der Waals surface area contributed by atoms with Crippen LogP contribution in [0.25, 0.3) is 0 Å². The Morgan fingerprint density at radius 3 is 0.708 bits per heavy atom. The molecule has 0 aliphatic heterocycles. The molecule has 0 nitrogen and oxygen atoms in total.